The summed E-state index contributed by atoms with van der Waals surface area (Å²) in [5.74, 6) is 0.598. The van der Waals surface area contributed by atoms with Gasteiger partial charge in [-0.05, 0) is 19.3 Å². The van der Waals surface area contributed by atoms with Crippen molar-refractivity contribution in [3.8, 4) is 0 Å². The molecule has 0 amide bonds. The molecule has 0 saturated heterocycles. The Morgan fingerprint density at radius 2 is 1.94 bits per heavy atom. The maximum atomic E-state index is 12.3. The van der Waals surface area contributed by atoms with Crippen LogP contribution in [0.1, 0.15) is 33.5 Å². The highest BCUT2D eigenvalue weighted by atomic mass is 32.2. The monoisotopic (exact) mass is 259 g/mol. The minimum atomic E-state index is -3.49. The maximum Gasteiger partial charge on any atom is 0.260 e. The van der Waals surface area contributed by atoms with Crippen molar-refractivity contribution in [3.05, 3.63) is 12.0 Å². The Balaban J connectivity index is 3.08. The van der Waals surface area contributed by atoms with E-state index in [4.69, 9.17) is 0 Å². The van der Waals surface area contributed by atoms with E-state index in [0.29, 0.717) is 5.82 Å². The molecule has 0 aliphatic rings. The molecule has 98 valence electrons. The number of rotatable bonds is 3. The highest BCUT2D eigenvalue weighted by molar-refractivity contribution is 7.89. The molecule has 0 aliphatic carbocycles. The summed E-state index contributed by atoms with van der Waals surface area (Å²) >= 11 is 0. The summed E-state index contributed by atoms with van der Waals surface area (Å²) in [6.45, 7) is 9.68. The molecule has 17 heavy (non-hydrogen) atoms. The number of aromatic nitrogens is 2. The summed E-state index contributed by atoms with van der Waals surface area (Å²) in [5.41, 5.74) is -0.114. The molecular weight excluding hydrogens is 238 g/mol. The Bertz CT molecular complexity index is 485. The smallest absolute Gasteiger partial charge is 0.260 e. The largest absolute Gasteiger partial charge is 0.332 e. The van der Waals surface area contributed by atoms with Gasteiger partial charge in [0.25, 0.3) is 10.0 Å². The van der Waals surface area contributed by atoms with Gasteiger partial charge in [0.05, 0.1) is 6.20 Å². The average molecular weight is 259 g/mol. The number of hydrogen-bond donors (Lipinski definition) is 1. The zero-order valence-electron chi connectivity index (χ0n) is 11.3. The molecule has 1 N–H and O–H groups in total. The van der Waals surface area contributed by atoms with Crippen molar-refractivity contribution in [3.63, 3.8) is 0 Å². The second-order valence-corrected chi connectivity index (χ2v) is 7.36. The highest BCUT2D eigenvalue weighted by Crippen LogP contribution is 2.26. The summed E-state index contributed by atoms with van der Waals surface area (Å²) < 4.78 is 26.0. The Morgan fingerprint density at radius 1 is 1.41 bits per heavy atom. The van der Waals surface area contributed by atoms with Gasteiger partial charge >= 0.3 is 0 Å². The fraction of sp³-hybridized carbons (Fsp3) is 0.727. The lowest BCUT2D eigenvalue weighted by atomic mass is 9.88. The van der Waals surface area contributed by atoms with E-state index in [0.717, 1.165) is 0 Å². The van der Waals surface area contributed by atoms with Crippen molar-refractivity contribution < 1.29 is 8.42 Å². The van der Waals surface area contributed by atoms with Gasteiger partial charge in [-0.15, -0.1) is 0 Å². The van der Waals surface area contributed by atoms with Crippen molar-refractivity contribution in [1.82, 2.24) is 14.3 Å². The van der Waals surface area contributed by atoms with E-state index in [1.165, 1.54) is 10.5 Å². The van der Waals surface area contributed by atoms with Crippen LogP contribution in [0.4, 0.5) is 0 Å². The van der Waals surface area contributed by atoms with E-state index in [1.807, 2.05) is 27.7 Å². The van der Waals surface area contributed by atoms with Crippen LogP contribution in [0.2, 0.25) is 0 Å². The van der Waals surface area contributed by atoms with Gasteiger partial charge in [-0.25, -0.2) is 13.4 Å². The van der Waals surface area contributed by atoms with Crippen molar-refractivity contribution in [2.45, 2.75) is 45.7 Å². The van der Waals surface area contributed by atoms with E-state index in [9.17, 15) is 8.42 Å². The second-order valence-electron chi connectivity index (χ2n) is 5.40. The maximum absolute atomic E-state index is 12.3. The molecule has 1 heterocycles. The predicted octanol–water partition coefficient (Wildman–Crippen LogP) is 1.77. The lowest BCUT2D eigenvalue weighted by Crippen LogP contribution is -2.42. The van der Waals surface area contributed by atoms with Crippen molar-refractivity contribution in [1.29, 1.82) is 0 Å². The molecule has 5 nitrogen and oxygen atoms in total. The van der Waals surface area contributed by atoms with Gasteiger partial charge in [0, 0.05) is 13.1 Å². The van der Waals surface area contributed by atoms with E-state index >= 15 is 0 Å². The second kappa shape index (κ2) is 4.42. The minimum Gasteiger partial charge on any atom is -0.332 e. The lowest BCUT2D eigenvalue weighted by molar-refractivity contribution is 0.216. The van der Waals surface area contributed by atoms with Crippen molar-refractivity contribution in [2.75, 3.05) is 7.05 Å². The summed E-state index contributed by atoms with van der Waals surface area (Å²) in [7, 11) is -1.89. The first-order valence-corrected chi connectivity index (χ1v) is 7.00. The third-order valence-electron chi connectivity index (χ3n) is 3.14. The fourth-order valence-electron chi connectivity index (χ4n) is 1.44. The molecule has 0 spiro atoms. The third-order valence-corrected chi connectivity index (χ3v) is 4.97. The van der Waals surface area contributed by atoms with Crippen LogP contribution in [0.5, 0.6) is 0 Å². The zero-order valence-corrected chi connectivity index (χ0v) is 12.1. The number of hydrogen-bond acceptors (Lipinski definition) is 3. The Labute approximate surface area is 103 Å². The number of aryl methyl sites for hydroxylation is 1. The van der Waals surface area contributed by atoms with Gasteiger partial charge in [-0.1, -0.05) is 20.8 Å². The van der Waals surface area contributed by atoms with Crippen LogP contribution in [0, 0.1) is 12.3 Å². The Kier molecular flexibility index (Phi) is 3.69. The van der Waals surface area contributed by atoms with Gasteiger partial charge in [0.2, 0.25) is 0 Å². The number of nitrogens with zero attached hydrogens (tertiary/aromatic N) is 2. The van der Waals surface area contributed by atoms with Crippen molar-refractivity contribution >= 4 is 10.0 Å². The van der Waals surface area contributed by atoms with Gasteiger partial charge in [0.1, 0.15) is 5.82 Å². The standard InChI is InChI=1S/C11H21N3O2S/c1-8(11(3,4)5)14(6)17(15,16)10-7-12-9(2)13-10/h7-8H,1-6H3,(H,12,13). The first kappa shape index (κ1) is 14.2. The molecular formula is C11H21N3O2S. The topological polar surface area (TPSA) is 66.1 Å². The normalized spacial score (nSPS) is 15.2. The predicted molar refractivity (Wildman–Crippen MR) is 67.2 cm³/mol. The lowest BCUT2D eigenvalue weighted by Gasteiger charge is -2.34. The molecule has 0 radical (unpaired) electrons. The quantitative estimate of drug-likeness (QED) is 0.899. The van der Waals surface area contributed by atoms with Crippen LogP contribution in [0.25, 0.3) is 0 Å². The van der Waals surface area contributed by atoms with Crippen LogP contribution in [0.15, 0.2) is 11.2 Å². The molecule has 0 aromatic carbocycles. The van der Waals surface area contributed by atoms with E-state index in [1.54, 1.807) is 14.0 Å². The van der Waals surface area contributed by atoms with Crippen LogP contribution in [-0.2, 0) is 10.0 Å². The molecule has 0 saturated carbocycles. The Hall–Kier alpha value is -0.880. The zero-order chi connectivity index (χ0) is 13.4. The van der Waals surface area contributed by atoms with Gasteiger partial charge in [-0.3, -0.25) is 0 Å². The first-order chi connectivity index (χ1) is 7.56. The number of nitrogens with one attached hydrogen (secondary N) is 1. The van der Waals surface area contributed by atoms with Gasteiger partial charge < -0.3 is 4.98 Å². The summed E-state index contributed by atoms with van der Waals surface area (Å²) in [6, 6.07) is -0.101. The van der Waals surface area contributed by atoms with Crippen LogP contribution in [0.3, 0.4) is 0 Å². The molecule has 1 atom stereocenters. The van der Waals surface area contributed by atoms with Crippen LogP contribution < -0.4 is 0 Å². The summed E-state index contributed by atoms with van der Waals surface area (Å²) in [5, 5.41) is 0.147. The third kappa shape index (κ3) is 2.87. The number of imidazole rings is 1. The molecule has 1 unspecified atom stereocenters. The van der Waals surface area contributed by atoms with E-state index in [-0.39, 0.29) is 16.5 Å². The fourth-order valence-corrected chi connectivity index (χ4v) is 2.94. The summed E-state index contributed by atoms with van der Waals surface area (Å²) in [4.78, 5) is 6.69. The van der Waals surface area contributed by atoms with E-state index in [2.05, 4.69) is 9.97 Å². The minimum absolute atomic E-state index is 0.101. The molecule has 1 rings (SSSR count). The number of H-pyrrole nitrogens is 1. The van der Waals surface area contributed by atoms with Crippen molar-refractivity contribution in [2.24, 2.45) is 5.41 Å². The molecule has 6 heteroatoms. The number of sulfonamides is 1. The molecule has 0 bridgehead atoms. The molecule has 1 aromatic rings. The first-order valence-electron chi connectivity index (χ1n) is 5.56. The summed E-state index contributed by atoms with van der Waals surface area (Å²) in [6.07, 6.45) is 1.36. The Morgan fingerprint density at radius 3 is 2.29 bits per heavy atom. The van der Waals surface area contributed by atoms with Crippen LogP contribution in [-0.4, -0.2) is 35.8 Å². The van der Waals surface area contributed by atoms with Crippen LogP contribution >= 0.6 is 0 Å². The molecule has 0 aliphatic heterocycles. The average Bonchev–Trinajstić information content (AvgIpc) is 2.61. The number of aromatic amines is 1. The SMILES string of the molecule is Cc1ncc(S(=O)(=O)N(C)C(C)C(C)(C)C)[nH]1. The van der Waals surface area contributed by atoms with E-state index < -0.39 is 10.0 Å². The highest BCUT2D eigenvalue weighted by Gasteiger charge is 2.33. The van der Waals surface area contributed by atoms with Gasteiger partial charge in [0.15, 0.2) is 5.03 Å². The molecule has 0 fully saturated rings. The molecule has 1 aromatic heterocycles. The van der Waals surface area contributed by atoms with Gasteiger partial charge in [-0.2, -0.15) is 4.31 Å².